The van der Waals surface area contributed by atoms with Crippen LogP contribution in [0.2, 0.25) is 0 Å². The van der Waals surface area contributed by atoms with Gasteiger partial charge in [0.2, 0.25) is 5.91 Å². The van der Waals surface area contributed by atoms with Crippen molar-refractivity contribution in [2.75, 3.05) is 20.1 Å². The number of nitrogens with one attached hydrogen (secondary N) is 2. The quantitative estimate of drug-likeness (QED) is 0.482. The summed E-state index contributed by atoms with van der Waals surface area (Å²) in [4.78, 5) is 34.6. The second-order valence-corrected chi connectivity index (χ2v) is 4.05. The summed E-state index contributed by atoms with van der Waals surface area (Å²) in [6.45, 7) is 0.111. The van der Waals surface area contributed by atoms with Crippen LogP contribution < -0.4 is 10.6 Å². The van der Waals surface area contributed by atoms with Crippen molar-refractivity contribution in [3.05, 3.63) is 0 Å². The number of β-amino-alcohol motifs (C(OH)–C–C–N with tert-alkyl or cyclic N) is 1. The van der Waals surface area contributed by atoms with E-state index >= 15 is 0 Å². The number of aliphatic hydroxyl groups excluding tert-OH is 1. The van der Waals surface area contributed by atoms with Crippen LogP contribution in [0.25, 0.3) is 0 Å². The molecule has 102 valence electrons. The second kappa shape index (κ2) is 6.20. The maximum Gasteiger partial charge on any atom is 0.326 e. The van der Waals surface area contributed by atoms with Crippen molar-refractivity contribution in [3.63, 3.8) is 0 Å². The van der Waals surface area contributed by atoms with E-state index < -0.39 is 24.1 Å². The summed E-state index contributed by atoms with van der Waals surface area (Å²) in [5, 5.41) is 23.1. The number of hydrogen-bond acceptors (Lipinski definition) is 4. The summed E-state index contributed by atoms with van der Waals surface area (Å²) in [7, 11) is 1.49. The van der Waals surface area contributed by atoms with Crippen LogP contribution in [0.4, 0.5) is 4.79 Å². The molecular formula is C10H17N3O5. The van der Waals surface area contributed by atoms with E-state index in [1.165, 1.54) is 7.05 Å². The van der Waals surface area contributed by atoms with E-state index in [0.29, 0.717) is 0 Å². The van der Waals surface area contributed by atoms with Crippen LogP contribution in [0.1, 0.15) is 12.8 Å². The lowest BCUT2D eigenvalue weighted by molar-refractivity contribution is -0.141. The molecule has 8 nitrogen and oxygen atoms in total. The second-order valence-electron chi connectivity index (χ2n) is 4.05. The molecule has 0 radical (unpaired) electrons. The highest BCUT2D eigenvalue weighted by molar-refractivity contribution is 5.84. The first-order valence-electron chi connectivity index (χ1n) is 5.61. The summed E-state index contributed by atoms with van der Waals surface area (Å²) >= 11 is 0. The molecule has 1 saturated heterocycles. The SMILES string of the molecule is CNC(=O)CCNC(=O)N1C[C@H](O)C[C@H]1C(=O)O. The van der Waals surface area contributed by atoms with Crippen molar-refractivity contribution in [1.82, 2.24) is 15.5 Å². The highest BCUT2D eigenvalue weighted by Gasteiger charge is 2.38. The van der Waals surface area contributed by atoms with Crippen LogP contribution in [0.5, 0.6) is 0 Å². The molecule has 0 unspecified atom stereocenters. The number of carbonyl (C=O) groups is 3. The zero-order chi connectivity index (χ0) is 13.7. The van der Waals surface area contributed by atoms with Crippen molar-refractivity contribution in [2.24, 2.45) is 0 Å². The van der Waals surface area contributed by atoms with Crippen molar-refractivity contribution >= 4 is 17.9 Å². The maximum absolute atomic E-state index is 11.7. The van der Waals surface area contributed by atoms with Crippen LogP contribution in [0.15, 0.2) is 0 Å². The first-order valence-corrected chi connectivity index (χ1v) is 5.61. The number of amides is 3. The minimum absolute atomic E-state index is 0.0111. The lowest BCUT2D eigenvalue weighted by atomic mass is 10.2. The maximum atomic E-state index is 11.7. The highest BCUT2D eigenvalue weighted by atomic mass is 16.4. The zero-order valence-electron chi connectivity index (χ0n) is 10.0. The van der Waals surface area contributed by atoms with Gasteiger partial charge in [0.25, 0.3) is 0 Å². The number of nitrogens with zero attached hydrogens (tertiary/aromatic N) is 1. The molecule has 0 aromatic carbocycles. The van der Waals surface area contributed by atoms with Crippen LogP contribution in [0.3, 0.4) is 0 Å². The average molecular weight is 259 g/mol. The molecule has 1 aliphatic rings. The molecule has 2 atom stereocenters. The van der Waals surface area contributed by atoms with E-state index in [-0.39, 0.29) is 31.8 Å². The largest absolute Gasteiger partial charge is 0.480 e. The molecule has 0 aliphatic carbocycles. The fourth-order valence-electron chi connectivity index (χ4n) is 1.78. The van der Waals surface area contributed by atoms with Gasteiger partial charge >= 0.3 is 12.0 Å². The molecule has 4 N–H and O–H groups in total. The molecule has 0 aromatic rings. The molecule has 0 spiro atoms. The number of likely N-dealkylation sites (tertiary alicyclic amines) is 1. The lowest BCUT2D eigenvalue weighted by Crippen LogP contribution is -2.46. The lowest BCUT2D eigenvalue weighted by Gasteiger charge is -2.21. The minimum Gasteiger partial charge on any atom is -0.480 e. The summed E-state index contributed by atoms with van der Waals surface area (Å²) in [5.74, 6) is -1.36. The predicted molar refractivity (Wildman–Crippen MR) is 60.8 cm³/mol. The Labute approximate surface area is 104 Å². The average Bonchev–Trinajstić information content (AvgIpc) is 2.71. The Morgan fingerprint density at radius 2 is 2.06 bits per heavy atom. The highest BCUT2D eigenvalue weighted by Crippen LogP contribution is 2.17. The number of hydrogen-bond donors (Lipinski definition) is 4. The number of aliphatic hydroxyl groups is 1. The van der Waals surface area contributed by atoms with Crippen LogP contribution in [0, 0.1) is 0 Å². The third kappa shape index (κ3) is 3.59. The third-order valence-corrected chi connectivity index (χ3v) is 2.73. The number of carboxylic acids is 1. The van der Waals surface area contributed by atoms with E-state index in [1.807, 2.05) is 0 Å². The van der Waals surface area contributed by atoms with E-state index in [2.05, 4.69) is 10.6 Å². The summed E-state index contributed by atoms with van der Waals surface area (Å²) in [6.07, 6.45) is -0.676. The Balaban J connectivity index is 2.45. The third-order valence-electron chi connectivity index (χ3n) is 2.73. The van der Waals surface area contributed by atoms with Crippen LogP contribution in [-0.4, -0.2) is 65.3 Å². The van der Waals surface area contributed by atoms with Gasteiger partial charge in [0.15, 0.2) is 0 Å². The van der Waals surface area contributed by atoms with Gasteiger partial charge in [-0.1, -0.05) is 0 Å². The predicted octanol–water partition coefficient (Wildman–Crippen LogP) is -1.65. The van der Waals surface area contributed by atoms with Gasteiger partial charge in [-0.3, -0.25) is 4.79 Å². The Morgan fingerprint density at radius 1 is 1.39 bits per heavy atom. The van der Waals surface area contributed by atoms with Crippen molar-refractivity contribution < 1.29 is 24.6 Å². The topological polar surface area (TPSA) is 119 Å². The standard InChI is InChI=1S/C10H17N3O5/c1-11-8(15)2-3-12-10(18)13-5-6(14)4-7(13)9(16)17/h6-7,14H,2-5H2,1H3,(H,11,15)(H,12,18)(H,16,17)/t6-,7+/m1/s1. The first kappa shape index (κ1) is 14.2. The van der Waals surface area contributed by atoms with E-state index in [9.17, 15) is 19.5 Å². The van der Waals surface area contributed by atoms with Crippen molar-refractivity contribution in [2.45, 2.75) is 25.0 Å². The van der Waals surface area contributed by atoms with Crippen LogP contribution >= 0.6 is 0 Å². The Morgan fingerprint density at radius 3 is 2.61 bits per heavy atom. The molecule has 8 heteroatoms. The fourth-order valence-corrected chi connectivity index (χ4v) is 1.78. The van der Waals surface area contributed by atoms with Gasteiger partial charge in [-0.15, -0.1) is 0 Å². The number of rotatable bonds is 4. The molecule has 1 heterocycles. The van der Waals surface area contributed by atoms with Gasteiger partial charge < -0.3 is 25.7 Å². The molecule has 0 bridgehead atoms. The molecule has 0 saturated carbocycles. The van der Waals surface area contributed by atoms with Gasteiger partial charge in [-0.2, -0.15) is 0 Å². The van der Waals surface area contributed by atoms with Gasteiger partial charge in [-0.25, -0.2) is 9.59 Å². The van der Waals surface area contributed by atoms with E-state index in [1.54, 1.807) is 0 Å². The van der Waals surface area contributed by atoms with Crippen molar-refractivity contribution in [3.8, 4) is 0 Å². The molecule has 3 amide bonds. The summed E-state index contributed by atoms with van der Waals surface area (Å²) in [5.41, 5.74) is 0. The van der Waals surface area contributed by atoms with Gasteiger partial charge in [0.1, 0.15) is 6.04 Å². The zero-order valence-corrected chi connectivity index (χ0v) is 10.0. The Kier molecular flexibility index (Phi) is 4.90. The monoisotopic (exact) mass is 259 g/mol. The number of carboxylic acid groups (broad SMARTS) is 1. The molecule has 1 fully saturated rings. The molecule has 1 rings (SSSR count). The van der Waals surface area contributed by atoms with Gasteiger partial charge in [-0.05, 0) is 0 Å². The Bertz CT molecular complexity index is 346. The number of aliphatic carboxylic acids is 1. The first-order chi connectivity index (χ1) is 8.45. The van der Waals surface area contributed by atoms with Gasteiger partial charge in [0.05, 0.1) is 6.10 Å². The van der Waals surface area contributed by atoms with Crippen LogP contribution in [-0.2, 0) is 9.59 Å². The number of urea groups is 1. The van der Waals surface area contributed by atoms with E-state index in [0.717, 1.165) is 4.90 Å². The fraction of sp³-hybridized carbons (Fsp3) is 0.700. The summed E-state index contributed by atoms with van der Waals surface area (Å²) < 4.78 is 0. The minimum atomic E-state index is -1.15. The molecule has 1 aliphatic heterocycles. The normalized spacial score (nSPS) is 22.7. The van der Waals surface area contributed by atoms with Gasteiger partial charge in [0, 0.05) is 33.0 Å². The molecule has 0 aromatic heterocycles. The molecular weight excluding hydrogens is 242 g/mol. The molecule has 18 heavy (non-hydrogen) atoms. The van der Waals surface area contributed by atoms with Crippen molar-refractivity contribution in [1.29, 1.82) is 0 Å². The smallest absolute Gasteiger partial charge is 0.326 e. The number of carbonyl (C=O) groups excluding carboxylic acids is 2. The Hall–Kier alpha value is -1.83. The summed E-state index contributed by atoms with van der Waals surface area (Å²) in [6, 6.07) is -1.59. The van der Waals surface area contributed by atoms with E-state index in [4.69, 9.17) is 5.11 Å².